The van der Waals surface area contributed by atoms with Gasteiger partial charge in [-0.1, -0.05) is 0 Å². The first-order chi connectivity index (χ1) is 9.19. The topological polar surface area (TPSA) is 9.23 Å². The Kier molecular flexibility index (Phi) is 3.48. The number of halogens is 2. The molecule has 2 heterocycles. The van der Waals surface area contributed by atoms with E-state index in [2.05, 4.69) is 17.5 Å². The molecule has 19 heavy (non-hydrogen) atoms. The molecule has 2 aromatic heterocycles. The number of ether oxygens (including phenoxy) is 1. The first kappa shape index (κ1) is 12.9. The quantitative estimate of drug-likeness (QED) is 0.585. The summed E-state index contributed by atoms with van der Waals surface area (Å²) in [4.78, 5) is 1.01. The lowest BCUT2D eigenvalue weighted by Crippen LogP contribution is -1.96. The molecule has 98 valence electrons. The average molecular weight is 313 g/mol. The number of methoxy groups -OCH3 is 1. The van der Waals surface area contributed by atoms with Gasteiger partial charge in [0.1, 0.15) is 11.6 Å². The van der Waals surface area contributed by atoms with E-state index in [9.17, 15) is 4.39 Å². The third-order valence-corrected chi connectivity index (χ3v) is 5.63. The fraction of sp³-hybridized carbons (Fsp3) is 0.143. The first-order valence-corrected chi connectivity index (χ1v) is 7.76. The molecule has 0 saturated heterocycles. The molecule has 0 saturated carbocycles. The highest BCUT2D eigenvalue weighted by Crippen LogP contribution is 2.41. The largest absolute Gasteiger partial charge is 0.496 e. The first-order valence-electron chi connectivity index (χ1n) is 5.63. The Morgan fingerprint density at radius 3 is 2.79 bits per heavy atom. The third kappa shape index (κ3) is 2.36. The van der Waals surface area contributed by atoms with E-state index < -0.39 is 5.38 Å². The van der Waals surface area contributed by atoms with Crippen LogP contribution in [-0.2, 0) is 0 Å². The van der Waals surface area contributed by atoms with Crippen molar-refractivity contribution in [3.63, 3.8) is 0 Å². The lowest BCUT2D eigenvalue weighted by molar-refractivity contribution is 0.409. The number of alkyl halides is 1. The average Bonchev–Trinajstić information content (AvgIpc) is 2.98. The van der Waals surface area contributed by atoms with Gasteiger partial charge < -0.3 is 4.74 Å². The molecule has 3 rings (SSSR count). The van der Waals surface area contributed by atoms with Crippen LogP contribution in [0.1, 0.15) is 15.8 Å². The molecule has 5 heteroatoms. The standard InChI is InChI=1S/C14H10ClFOS2/c1-17-10-3-2-8(16)6-9(10)14(15)13-7-12-11(19-13)4-5-18-12/h2-7,14H,1H3. The maximum atomic E-state index is 13.4. The Bertz CT molecular complexity index is 691. The minimum atomic E-state index is -0.393. The molecule has 0 aliphatic rings. The lowest BCUT2D eigenvalue weighted by Gasteiger charge is -2.12. The summed E-state index contributed by atoms with van der Waals surface area (Å²) in [5.41, 5.74) is 0.665. The van der Waals surface area contributed by atoms with E-state index in [1.165, 1.54) is 21.5 Å². The molecule has 0 radical (unpaired) electrons. The number of rotatable bonds is 3. The van der Waals surface area contributed by atoms with E-state index in [0.717, 1.165) is 4.88 Å². The van der Waals surface area contributed by atoms with Crippen LogP contribution < -0.4 is 4.74 Å². The Balaban J connectivity index is 2.05. The molecular weight excluding hydrogens is 303 g/mol. The lowest BCUT2D eigenvalue weighted by atomic mass is 10.1. The zero-order valence-corrected chi connectivity index (χ0v) is 12.4. The van der Waals surface area contributed by atoms with Crippen molar-refractivity contribution < 1.29 is 9.13 Å². The highest BCUT2D eigenvalue weighted by atomic mass is 35.5. The van der Waals surface area contributed by atoms with Crippen molar-refractivity contribution in [3.8, 4) is 5.75 Å². The van der Waals surface area contributed by atoms with Crippen LogP contribution in [0.4, 0.5) is 4.39 Å². The van der Waals surface area contributed by atoms with Crippen LogP contribution in [0.15, 0.2) is 35.7 Å². The van der Waals surface area contributed by atoms with Crippen LogP contribution in [0, 0.1) is 5.82 Å². The zero-order chi connectivity index (χ0) is 13.4. The summed E-state index contributed by atoms with van der Waals surface area (Å²) in [5.74, 6) is 0.304. The van der Waals surface area contributed by atoms with Gasteiger partial charge in [0.05, 0.1) is 12.5 Å². The van der Waals surface area contributed by atoms with Crippen molar-refractivity contribution in [2.75, 3.05) is 7.11 Å². The Morgan fingerprint density at radius 1 is 1.21 bits per heavy atom. The highest BCUT2D eigenvalue weighted by Gasteiger charge is 2.19. The Morgan fingerprint density at radius 2 is 2.05 bits per heavy atom. The maximum Gasteiger partial charge on any atom is 0.124 e. The summed E-state index contributed by atoms with van der Waals surface area (Å²) in [7, 11) is 1.56. The van der Waals surface area contributed by atoms with Crippen LogP contribution >= 0.6 is 34.3 Å². The van der Waals surface area contributed by atoms with Crippen LogP contribution in [0.5, 0.6) is 5.75 Å². The molecule has 1 nitrogen and oxygen atoms in total. The van der Waals surface area contributed by atoms with Gasteiger partial charge in [-0.25, -0.2) is 4.39 Å². The van der Waals surface area contributed by atoms with E-state index in [1.54, 1.807) is 35.8 Å². The van der Waals surface area contributed by atoms with Crippen molar-refractivity contribution in [3.05, 3.63) is 52.0 Å². The highest BCUT2D eigenvalue weighted by molar-refractivity contribution is 7.27. The molecule has 0 N–H and O–H groups in total. The van der Waals surface area contributed by atoms with E-state index >= 15 is 0 Å². The van der Waals surface area contributed by atoms with Crippen molar-refractivity contribution in [2.24, 2.45) is 0 Å². The van der Waals surface area contributed by atoms with Crippen LogP contribution in [0.25, 0.3) is 9.40 Å². The van der Waals surface area contributed by atoms with Gasteiger partial charge in [-0.2, -0.15) is 0 Å². The predicted molar refractivity (Wildman–Crippen MR) is 80.4 cm³/mol. The second kappa shape index (κ2) is 5.12. The van der Waals surface area contributed by atoms with Crippen molar-refractivity contribution in [2.45, 2.75) is 5.38 Å². The molecule has 0 aliphatic carbocycles. The van der Waals surface area contributed by atoms with Gasteiger partial charge in [-0.3, -0.25) is 0 Å². The molecule has 1 aromatic carbocycles. The van der Waals surface area contributed by atoms with E-state index in [1.807, 2.05) is 0 Å². The molecule has 1 atom stereocenters. The van der Waals surface area contributed by atoms with Gasteiger partial charge in [0, 0.05) is 19.8 Å². The second-order valence-corrected chi connectivity index (χ2v) is 6.55. The maximum absolute atomic E-state index is 13.4. The van der Waals surface area contributed by atoms with E-state index in [0.29, 0.717) is 11.3 Å². The number of benzene rings is 1. The molecule has 0 spiro atoms. The Hall–Kier alpha value is -1.10. The molecule has 1 unspecified atom stereocenters. The molecule has 0 amide bonds. The molecule has 0 fully saturated rings. The summed E-state index contributed by atoms with van der Waals surface area (Å²) < 4.78 is 21.1. The minimum Gasteiger partial charge on any atom is -0.496 e. The zero-order valence-electron chi connectivity index (χ0n) is 10.0. The van der Waals surface area contributed by atoms with Crippen LogP contribution in [-0.4, -0.2) is 7.11 Å². The molecule has 0 aliphatic heterocycles. The van der Waals surface area contributed by atoms with Gasteiger partial charge in [0.2, 0.25) is 0 Å². The van der Waals surface area contributed by atoms with Crippen LogP contribution in [0.2, 0.25) is 0 Å². The summed E-state index contributed by atoms with van der Waals surface area (Å²) in [6, 6.07) is 8.55. The third-order valence-electron chi connectivity index (χ3n) is 2.87. The number of fused-ring (bicyclic) bond motifs is 1. The van der Waals surface area contributed by atoms with Gasteiger partial charge >= 0.3 is 0 Å². The number of hydrogen-bond donors (Lipinski definition) is 0. The predicted octanol–water partition coefficient (Wildman–Crippen LogP) is 5.44. The minimum absolute atomic E-state index is 0.306. The molecular formula is C14H10ClFOS2. The number of thiophene rings is 2. The SMILES string of the molecule is COc1ccc(F)cc1C(Cl)c1cc2sccc2s1. The van der Waals surface area contributed by atoms with Crippen molar-refractivity contribution in [1.82, 2.24) is 0 Å². The summed E-state index contributed by atoms with van der Waals surface area (Å²) in [5, 5.41) is 1.66. The van der Waals surface area contributed by atoms with Gasteiger partial charge in [0.15, 0.2) is 0 Å². The normalized spacial score (nSPS) is 12.8. The van der Waals surface area contributed by atoms with E-state index in [4.69, 9.17) is 16.3 Å². The fourth-order valence-corrected chi connectivity index (χ4v) is 4.45. The molecule has 3 aromatic rings. The molecule has 0 bridgehead atoms. The van der Waals surface area contributed by atoms with E-state index in [-0.39, 0.29) is 5.82 Å². The van der Waals surface area contributed by atoms with Crippen molar-refractivity contribution in [1.29, 1.82) is 0 Å². The fourth-order valence-electron chi connectivity index (χ4n) is 1.97. The smallest absolute Gasteiger partial charge is 0.124 e. The summed E-state index contributed by atoms with van der Waals surface area (Å²) in [6.07, 6.45) is 0. The summed E-state index contributed by atoms with van der Waals surface area (Å²) in [6.45, 7) is 0. The second-order valence-electron chi connectivity index (χ2n) is 4.05. The van der Waals surface area contributed by atoms with Crippen molar-refractivity contribution >= 4 is 43.7 Å². The van der Waals surface area contributed by atoms with Gasteiger partial charge in [0.25, 0.3) is 0 Å². The number of hydrogen-bond acceptors (Lipinski definition) is 3. The van der Waals surface area contributed by atoms with Gasteiger partial charge in [-0.05, 0) is 35.7 Å². The van der Waals surface area contributed by atoms with Gasteiger partial charge in [-0.15, -0.1) is 34.3 Å². The van der Waals surface area contributed by atoms with Crippen LogP contribution in [0.3, 0.4) is 0 Å². The Labute approximate surface area is 123 Å². The summed E-state index contributed by atoms with van der Waals surface area (Å²) >= 11 is 9.80. The monoisotopic (exact) mass is 312 g/mol.